The van der Waals surface area contributed by atoms with Gasteiger partial charge in [0.15, 0.2) is 0 Å². The quantitative estimate of drug-likeness (QED) is 0.884. The van der Waals surface area contributed by atoms with Crippen molar-refractivity contribution in [3.8, 4) is 0 Å². The molecule has 6 heteroatoms. The van der Waals surface area contributed by atoms with Crippen LogP contribution in [0.1, 0.15) is 30.8 Å². The van der Waals surface area contributed by atoms with E-state index in [1.165, 1.54) is 0 Å². The van der Waals surface area contributed by atoms with E-state index in [2.05, 4.69) is 21.8 Å². The topological polar surface area (TPSA) is 69.6 Å². The summed E-state index contributed by atoms with van der Waals surface area (Å²) < 4.78 is 0. The molecule has 1 saturated heterocycles. The van der Waals surface area contributed by atoms with Crippen molar-refractivity contribution in [2.75, 3.05) is 32.7 Å². The van der Waals surface area contributed by atoms with Gasteiger partial charge < -0.3 is 5.11 Å². The third-order valence-electron chi connectivity index (χ3n) is 3.84. The zero-order valence-corrected chi connectivity index (χ0v) is 12.1. The molecule has 0 radical (unpaired) electrons. The summed E-state index contributed by atoms with van der Waals surface area (Å²) in [5.41, 5.74) is 1.98. The van der Waals surface area contributed by atoms with Crippen molar-refractivity contribution in [3.05, 3.63) is 23.8 Å². The Morgan fingerprint density at radius 3 is 2.75 bits per heavy atom. The highest BCUT2D eigenvalue weighted by molar-refractivity contribution is 5.69. The highest BCUT2D eigenvalue weighted by Crippen LogP contribution is 2.21. The molecule has 0 saturated carbocycles. The van der Waals surface area contributed by atoms with E-state index >= 15 is 0 Å². The summed E-state index contributed by atoms with van der Waals surface area (Å²) in [6.45, 7) is 7.71. The van der Waals surface area contributed by atoms with Crippen molar-refractivity contribution in [1.82, 2.24) is 19.8 Å². The number of carboxylic acids is 1. The first-order chi connectivity index (χ1) is 9.58. The number of aliphatic carboxylic acids is 1. The van der Waals surface area contributed by atoms with Gasteiger partial charge in [-0.15, -0.1) is 0 Å². The van der Waals surface area contributed by atoms with E-state index in [0.717, 1.165) is 44.0 Å². The normalized spacial score (nSPS) is 19.5. The van der Waals surface area contributed by atoms with Crippen LogP contribution in [0.2, 0.25) is 0 Å². The van der Waals surface area contributed by atoms with Crippen molar-refractivity contribution >= 4 is 5.97 Å². The summed E-state index contributed by atoms with van der Waals surface area (Å²) in [6, 6.07) is 0.216. The maximum Gasteiger partial charge on any atom is 0.317 e. The molecule has 1 aliphatic rings. The zero-order valence-electron chi connectivity index (χ0n) is 12.1. The predicted molar refractivity (Wildman–Crippen MR) is 75.4 cm³/mol. The Morgan fingerprint density at radius 1 is 1.30 bits per heavy atom. The van der Waals surface area contributed by atoms with E-state index in [0.29, 0.717) is 0 Å². The molecule has 0 aromatic carbocycles. The van der Waals surface area contributed by atoms with Crippen LogP contribution in [0, 0.1) is 6.92 Å². The Morgan fingerprint density at radius 2 is 2.05 bits per heavy atom. The summed E-state index contributed by atoms with van der Waals surface area (Å²) in [5.74, 6) is -0.753. The average molecular weight is 278 g/mol. The van der Waals surface area contributed by atoms with Crippen LogP contribution in [0.3, 0.4) is 0 Å². The lowest BCUT2D eigenvalue weighted by atomic mass is 10.1. The Labute approximate surface area is 119 Å². The molecule has 0 aliphatic carbocycles. The number of rotatable bonds is 4. The molecule has 1 aromatic rings. The van der Waals surface area contributed by atoms with Crippen molar-refractivity contribution in [3.63, 3.8) is 0 Å². The average Bonchev–Trinajstić information content (AvgIpc) is 2.63. The van der Waals surface area contributed by atoms with Gasteiger partial charge in [0.25, 0.3) is 0 Å². The minimum absolute atomic E-state index is 0.131. The highest BCUT2D eigenvalue weighted by Gasteiger charge is 2.23. The molecule has 2 rings (SSSR count). The summed E-state index contributed by atoms with van der Waals surface area (Å²) >= 11 is 0. The monoisotopic (exact) mass is 278 g/mol. The molecule has 0 bridgehead atoms. The minimum Gasteiger partial charge on any atom is -0.480 e. The molecule has 1 unspecified atom stereocenters. The van der Waals surface area contributed by atoms with Gasteiger partial charge in [0, 0.05) is 38.6 Å². The number of carboxylic acid groups (broad SMARTS) is 1. The molecule has 20 heavy (non-hydrogen) atoms. The fraction of sp³-hybridized carbons (Fsp3) is 0.643. The van der Waals surface area contributed by atoms with Crippen molar-refractivity contribution in [2.24, 2.45) is 0 Å². The van der Waals surface area contributed by atoms with Crippen LogP contribution in [0.4, 0.5) is 0 Å². The fourth-order valence-corrected chi connectivity index (χ4v) is 2.73. The number of aromatic nitrogens is 2. The number of aryl methyl sites for hydroxylation is 1. The molecule has 0 spiro atoms. The van der Waals surface area contributed by atoms with E-state index < -0.39 is 5.97 Å². The molecule has 2 heterocycles. The third-order valence-corrected chi connectivity index (χ3v) is 3.84. The van der Waals surface area contributed by atoms with Gasteiger partial charge in [0.05, 0.1) is 24.0 Å². The third kappa shape index (κ3) is 3.74. The maximum atomic E-state index is 10.8. The van der Waals surface area contributed by atoms with Gasteiger partial charge in [-0.25, -0.2) is 0 Å². The predicted octanol–water partition coefficient (Wildman–Crippen LogP) is 0.938. The van der Waals surface area contributed by atoms with E-state index in [1.54, 1.807) is 12.4 Å². The first-order valence-corrected chi connectivity index (χ1v) is 7.03. The van der Waals surface area contributed by atoms with E-state index in [-0.39, 0.29) is 12.6 Å². The van der Waals surface area contributed by atoms with E-state index in [9.17, 15) is 4.79 Å². The molecular formula is C14H22N4O2. The van der Waals surface area contributed by atoms with Gasteiger partial charge in [-0.3, -0.25) is 24.6 Å². The molecule has 6 nitrogen and oxygen atoms in total. The summed E-state index contributed by atoms with van der Waals surface area (Å²) in [4.78, 5) is 23.9. The molecule has 1 aliphatic heterocycles. The fourth-order valence-electron chi connectivity index (χ4n) is 2.73. The second kappa shape index (κ2) is 6.76. The van der Waals surface area contributed by atoms with Gasteiger partial charge in [0.2, 0.25) is 0 Å². The zero-order chi connectivity index (χ0) is 14.5. The van der Waals surface area contributed by atoms with Gasteiger partial charge in [-0.05, 0) is 20.3 Å². The summed E-state index contributed by atoms with van der Waals surface area (Å²) in [7, 11) is 0. The standard InChI is InChI=1S/C14H22N4O2/c1-11-14(16-5-4-15-11)12(2)18-7-3-6-17(8-9-18)10-13(19)20/h4-5,12H,3,6-10H2,1-2H3,(H,19,20). The first kappa shape index (κ1) is 14.9. The number of hydrogen-bond donors (Lipinski definition) is 1. The molecule has 110 valence electrons. The largest absolute Gasteiger partial charge is 0.480 e. The van der Waals surface area contributed by atoms with Gasteiger partial charge in [0.1, 0.15) is 0 Å². The van der Waals surface area contributed by atoms with Gasteiger partial charge >= 0.3 is 5.97 Å². The molecule has 1 aromatic heterocycles. The number of nitrogens with zero attached hydrogens (tertiary/aromatic N) is 4. The van der Waals surface area contributed by atoms with Crippen LogP contribution in [-0.2, 0) is 4.79 Å². The SMILES string of the molecule is Cc1nccnc1C(C)N1CCCN(CC(=O)O)CC1. The van der Waals surface area contributed by atoms with Crippen LogP contribution in [0.25, 0.3) is 0 Å². The molecule has 1 fully saturated rings. The highest BCUT2D eigenvalue weighted by atomic mass is 16.4. The number of hydrogen-bond acceptors (Lipinski definition) is 5. The van der Waals surface area contributed by atoms with Crippen molar-refractivity contribution in [2.45, 2.75) is 26.3 Å². The van der Waals surface area contributed by atoms with Crippen LogP contribution in [-0.4, -0.2) is 63.6 Å². The van der Waals surface area contributed by atoms with Gasteiger partial charge in [-0.1, -0.05) is 0 Å². The van der Waals surface area contributed by atoms with Crippen LogP contribution < -0.4 is 0 Å². The second-order valence-electron chi connectivity index (χ2n) is 5.26. The van der Waals surface area contributed by atoms with Gasteiger partial charge in [-0.2, -0.15) is 0 Å². The Bertz CT molecular complexity index is 466. The Hall–Kier alpha value is -1.53. The first-order valence-electron chi connectivity index (χ1n) is 7.03. The van der Waals surface area contributed by atoms with Crippen molar-refractivity contribution < 1.29 is 9.90 Å². The van der Waals surface area contributed by atoms with E-state index in [4.69, 9.17) is 5.11 Å². The van der Waals surface area contributed by atoms with Crippen LogP contribution in [0.5, 0.6) is 0 Å². The Kier molecular flexibility index (Phi) is 5.03. The lowest BCUT2D eigenvalue weighted by Gasteiger charge is -2.27. The maximum absolute atomic E-state index is 10.8. The lowest BCUT2D eigenvalue weighted by Crippen LogP contribution is -2.35. The molecule has 1 atom stereocenters. The molecule has 0 amide bonds. The van der Waals surface area contributed by atoms with Crippen molar-refractivity contribution in [1.29, 1.82) is 0 Å². The van der Waals surface area contributed by atoms with Crippen LogP contribution in [0.15, 0.2) is 12.4 Å². The molecular weight excluding hydrogens is 256 g/mol. The number of carbonyl (C=O) groups is 1. The molecule has 1 N–H and O–H groups in total. The van der Waals surface area contributed by atoms with Crippen LogP contribution >= 0.6 is 0 Å². The minimum atomic E-state index is -0.753. The second-order valence-corrected chi connectivity index (χ2v) is 5.26. The lowest BCUT2D eigenvalue weighted by molar-refractivity contribution is -0.138. The smallest absolute Gasteiger partial charge is 0.317 e. The summed E-state index contributed by atoms with van der Waals surface area (Å²) in [5, 5.41) is 8.87. The summed E-state index contributed by atoms with van der Waals surface area (Å²) in [6.07, 6.45) is 4.42. The Balaban J connectivity index is 2.00. The van der Waals surface area contributed by atoms with E-state index in [1.807, 2.05) is 11.8 Å².